The lowest BCUT2D eigenvalue weighted by molar-refractivity contribution is 0.0471. The van der Waals surface area contributed by atoms with Crippen LogP contribution in [-0.4, -0.2) is 34.4 Å². The van der Waals surface area contributed by atoms with Crippen LogP contribution < -0.4 is 18.9 Å². The normalized spacial score (nSPS) is 10.0. The van der Waals surface area contributed by atoms with E-state index in [9.17, 15) is 4.79 Å². The third kappa shape index (κ3) is 3.90. The fourth-order valence-electron chi connectivity index (χ4n) is 2.20. The van der Waals surface area contributed by atoms with Gasteiger partial charge < -0.3 is 23.7 Å². The van der Waals surface area contributed by atoms with Crippen molar-refractivity contribution in [2.24, 2.45) is 0 Å². The molecule has 0 aliphatic carbocycles. The van der Waals surface area contributed by atoms with E-state index in [0.29, 0.717) is 28.6 Å². The summed E-state index contributed by atoms with van der Waals surface area (Å²) in [7, 11) is 6.13. The Bertz CT molecular complexity index is 685. The number of hydrogen-bond donors (Lipinski definition) is 0. The fourth-order valence-corrected chi connectivity index (χ4v) is 2.20. The van der Waals surface area contributed by atoms with E-state index in [1.807, 2.05) is 0 Å². The van der Waals surface area contributed by atoms with Gasteiger partial charge in [0, 0.05) is 0 Å². The van der Waals surface area contributed by atoms with Crippen molar-refractivity contribution >= 4 is 5.97 Å². The van der Waals surface area contributed by atoms with Crippen molar-refractivity contribution in [3.05, 3.63) is 47.5 Å². The van der Waals surface area contributed by atoms with Crippen molar-refractivity contribution in [1.29, 1.82) is 0 Å². The van der Waals surface area contributed by atoms with Gasteiger partial charge in [-0.2, -0.15) is 0 Å². The minimum Gasteiger partial charge on any atom is -0.497 e. The Morgan fingerprint density at radius 2 is 1.54 bits per heavy atom. The fraction of sp³-hybridized carbons (Fsp3) is 0.278. The first-order valence-electron chi connectivity index (χ1n) is 7.23. The summed E-state index contributed by atoms with van der Waals surface area (Å²) in [6.07, 6.45) is 0. The van der Waals surface area contributed by atoms with Crippen LogP contribution in [-0.2, 0) is 11.3 Å². The Kier molecular flexibility index (Phi) is 5.89. The maximum atomic E-state index is 12.2. The molecule has 6 nitrogen and oxygen atoms in total. The Balaban J connectivity index is 2.14. The molecule has 2 aromatic carbocycles. The molecule has 0 spiro atoms. The van der Waals surface area contributed by atoms with E-state index in [2.05, 4.69) is 0 Å². The van der Waals surface area contributed by atoms with Gasteiger partial charge in [0.2, 0.25) is 5.75 Å². The van der Waals surface area contributed by atoms with Crippen LogP contribution in [0.5, 0.6) is 23.0 Å². The zero-order valence-corrected chi connectivity index (χ0v) is 14.1. The van der Waals surface area contributed by atoms with Crippen molar-refractivity contribution in [2.45, 2.75) is 6.61 Å². The standard InChI is InChI=1S/C18H20O6/c1-20-14-7-5-6-13(10-14)18(19)24-11-12-8-15(21-2)17(23-4)16(9-12)22-3/h5-10H,11H2,1-4H3. The second kappa shape index (κ2) is 8.10. The third-order valence-corrected chi connectivity index (χ3v) is 3.40. The van der Waals surface area contributed by atoms with Gasteiger partial charge in [0.15, 0.2) is 11.5 Å². The van der Waals surface area contributed by atoms with Crippen LogP contribution in [0.1, 0.15) is 15.9 Å². The van der Waals surface area contributed by atoms with Crippen LogP contribution in [0.3, 0.4) is 0 Å². The smallest absolute Gasteiger partial charge is 0.338 e. The second-order valence-electron chi connectivity index (χ2n) is 4.84. The molecule has 0 bridgehead atoms. The number of rotatable bonds is 7. The topological polar surface area (TPSA) is 63.2 Å². The minimum absolute atomic E-state index is 0.0761. The Morgan fingerprint density at radius 3 is 2.08 bits per heavy atom. The van der Waals surface area contributed by atoms with Gasteiger partial charge in [-0.05, 0) is 35.9 Å². The highest BCUT2D eigenvalue weighted by Gasteiger charge is 2.15. The Hall–Kier alpha value is -2.89. The number of esters is 1. The average molecular weight is 332 g/mol. The molecule has 0 atom stereocenters. The van der Waals surface area contributed by atoms with Gasteiger partial charge in [-0.1, -0.05) is 6.07 Å². The van der Waals surface area contributed by atoms with Crippen LogP contribution in [0.15, 0.2) is 36.4 Å². The molecule has 0 aliphatic heterocycles. The lowest BCUT2D eigenvalue weighted by Crippen LogP contribution is -2.06. The molecule has 0 saturated carbocycles. The molecule has 0 aromatic heterocycles. The summed E-state index contributed by atoms with van der Waals surface area (Å²) in [4.78, 5) is 12.2. The summed E-state index contributed by atoms with van der Waals surface area (Å²) in [6, 6.07) is 10.3. The average Bonchev–Trinajstić information content (AvgIpc) is 2.64. The third-order valence-electron chi connectivity index (χ3n) is 3.40. The summed E-state index contributed by atoms with van der Waals surface area (Å²) in [5.74, 6) is 1.65. The lowest BCUT2D eigenvalue weighted by Gasteiger charge is -2.14. The summed E-state index contributed by atoms with van der Waals surface area (Å²) >= 11 is 0. The molecule has 0 aliphatic rings. The van der Waals surface area contributed by atoms with Gasteiger partial charge in [0.05, 0.1) is 34.0 Å². The van der Waals surface area contributed by atoms with Crippen LogP contribution >= 0.6 is 0 Å². The first kappa shape index (κ1) is 17.5. The molecule has 24 heavy (non-hydrogen) atoms. The molecule has 2 rings (SSSR count). The van der Waals surface area contributed by atoms with E-state index < -0.39 is 5.97 Å². The van der Waals surface area contributed by atoms with E-state index in [0.717, 1.165) is 5.56 Å². The molecule has 2 aromatic rings. The van der Waals surface area contributed by atoms with Crippen molar-refractivity contribution in [2.75, 3.05) is 28.4 Å². The number of carbonyl (C=O) groups excluding carboxylic acids is 1. The molecule has 0 amide bonds. The molecule has 0 fully saturated rings. The summed E-state index contributed by atoms with van der Waals surface area (Å²) in [6.45, 7) is 0.0761. The van der Waals surface area contributed by atoms with Crippen LogP contribution in [0.4, 0.5) is 0 Å². The first-order chi connectivity index (χ1) is 11.6. The van der Waals surface area contributed by atoms with E-state index in [1.165, 1.54) is 21.3 Å². The number of benzene rings is 2. The molecule has 6 heteroatoms. The number of ether oxygens (including phenoxy) is 5. The largest absolute Gasteiger partial charge is 0.497 e. The monoisotopic (exact) mass is 332 g/mol. The summed E-state index contributed by atoms with van der Waals surface area (Å²) in [5.41, 5.74) is 1.14. The highest BCUT2D eigenvalue weighted by Crippen LogP contribution is 2.38. The van der Waals surface area contributed by atoms with Crippen molar-refractivity contribution < 1.29 is 28.5 Å². The zero-order valence-electron chi connectivity index (χ0n) is 14.1. The van der Waals surface area contributed by atoms with Gasteiger partial charge >= 0.3 is 5.97 Å². The van der Waals surface area contributed by atoms with Crippen LogP contribution in [0.25, 0.3) is 0 Å². The van der Waals surface area contributed by atoms with Crippen LogP contribution in [0, 0.1) is 0 Å². The zero-order chi connectivity index (χ0) is 17.5. The molecule has 0 unspecified atom stereocenters. The predicted octanol–water partition coefficient (Wildman–Crippen LogP) is 3.08. The maximum Gasteiger partial charge on any atom is 0.338 e. The highest BCUT2D eigenvalue weighted by atomic mass is 16.5. The van der Waals surface area contributed by atoms with Gasteiger partial charge in [0.25, 0.3) is 0 Å². The minimum atomic E-state index is -0.442. The van der Waals surface area contributed by atoms with Gasteiger partial charge in [-0.3, -0.25) is 0 Å². The SMILES string of the molecule is COc1cccc(C(=O)OCc2cc(OC)c(OC)c(OC)c2)c1. The number of hydrogen-bond acceptors (Lipinski definition) is 6. The lowest BCUT2D eigenvalue weighted by atomic mass is 10.2. The van der Waals surface area contributed by atoms with E-state index in [1.54, 1.807) is 43.5 Å². The number of carbonyl (C=O) groups is 1. The first-order valence-corrected chi connectivity index (χ1v) is 7.23. The molecule has 0 heterocycles. The van der Waals surface area contributed by atoms with Gasteiger partial charge in [-0.25, -0.2) is 4.79 Å². The van der Waals surface area contributed by atoms with E-state index >= 15 is 0 Å². The Morgan fingerprint density at radius 1 is 0.875 bits per heavy atom. The highest BCUT2D eigenvalue weighted by molar-refractivity contribution is 5.89. The van der Waals surface area contributed by atoms with Gasteiger partial charge in [0.1, 0.15) is 12.4 Å². The second-order valence-corrected chi connectivity index (χ2v) is 4.84. The summed E-state index contributed by atoms with van der Waals surface area (Å²) < 4.78 is 26.3. The maximum absolute atomic E-state index is 12.2. The van der Waals surface area contributed by atoms with Crippen molar-refractivity contribution in [3.8, 4) is 23.0 Å². The molecule has 0 radical (unpaired) electrons. The van der Waals surface area contributed by atoms with Crippen molar-refractivity contribution in [1.82, 2.24) is 0 Å². The van der Waals surface area contributed by atoms with E-state index in [-0.39, 0.29) is 6.61 Å². The summed E-state index contributed by atoms with van der Waals surface area (Å²) in [5, 5.41) is 0. The number of methoxy groups -OCH3 is 4. The van der Waals surface area contributed by atoms with E-state index in [4.69, 9.17) is 23.7 Å². The molecule has 0 saturated heterocycles. The van der Waals surface area contributed by atoms with Crippen LogP contribution in [0.2, 0.25) is 0 Å². The molecular weight excluding hydrogens is 312 g/mol. The Labute approximate surface area is 140 Å². The van der Waals surface area contributed by atoms with Crippen molar-refractivity contribution in [3.63, 3.8) is 0 Å². The van der Waals surface area contributed by atoms with Gasteiger partial charge in [-0.15, -0.1) is 0 Å². The molecule has 128 valence electrons. The molecule has 0 N–H and O–H groups in total. The molecular formula is C18H20O6. The quantitative estimate of drug-likeness (QED) is 0.726. The predicted molar refractivity (Wildman–Crippen MR) is 88.2 cm³/mol.